The minimum atomic E-state index is -3.57. The summed E-state index contributed by atoms with van der Waals surface area (Å²) >= 11 is 0. The van der Waals surface area contributed by atoms with Crippen molar-refractivity contribution in [3.05, 3.63) is 12.0 Å². The molecule has 1 aliphatic rings. The van der Waals surface area contributed by atoms with Gasteiger partial charge in [-0.15, -0.1) is 0 Å². The molecule has 0 bridgehead atoms. The number of hydrogen-bond acceptors (Lipinski definition) is 5. The molecule has 0 aromatic carbocycles. The smallest absolute Gasteiger partial charge is 0.262 e. The quantitative estimate of drug-likeness (QED) is 0.818. The van der Waals surface area contributed by atoms with E-state index in [2.05, 4.69) is 16.8 Å². The Morgan fingerprint density at radius 3 is 2.76 bits per heavy atom. The summed E-state index contributed by atoms with van der Waals surface area (Å²) in [7, 11) is -1.59. The Bertz CT molecular complexity index is 583. The third-order valence-electron chi connectivity index (χ3n) is 3.90. The summed E-state index contributed by atoms with van der Waals surface area (Å²) in [6.07, 6.45) is 2.58. The van der Waals surface area contributed by atoms with Gasteiger partial charge in [-0.2, -0.15) is 4.31 Å². The number of rotatable bonds is 5. The number of sulfonamides is 1. The molecule has 1 fully saturated rings. The SMILES string of the molecule is CCCn1cc(S(=O)(=O)N2CCN(C)CC2CN)nc1C. The lowest BCUT2D eigenvalue weighted by atomic mass is 10.2. The Labute approximate surface area is 126 Å². The fourth-order valence-corrected chi connectivity index (χ4v) is 4.31. The standard InChI is InChI=1S/C13H25N5O2S/c1-4-5-17-10-13(15-11(17)2)21(19,20)18-7-6-16(3)9-12(18)8-14/h10,12H,4-9,14H2,1-3H3. The van der Waals surface area contributed by atoms with Crippen LogP contribution < -0.4 is 5.73 Å². The second-order valence-electron chi connectivity index (χ2n) is 5.59. The molecule has 0 amide bonds. The van der Waals surface area contributed by atoms with Crippen LogP contribution in [0.5, 0.6) is 0 Å². The van der Waals surface area contributed by atoms with E-state index >= 15 is 0 Å². The lowest BCUT2D eigenvalue weighted by Crippen LogP contribution is -2.56. The topological polar surface area (TPSA) is 84.5 Å². The molecule has 1 aromatic rings. The van der Waals surface area contributed by atoms with Gasteiger partial charge in [0.1, 0.15) is 5.82 Å². The number of piperazine rings is 1. The minimum absolute atomic E-state index is 0.136. The highest BCUT2D eigenvalue weighted by Gasteiger charge is 2.36. The molecule has 0 spiro atoms. The van der Waals surface area contributed by atoms with Crippen molar-refractivity contribution in [2.75, 3.05) is 33.2 Å². The molecule has 1 aromatic heterocycles. The third kappa shape index (κ3) is 3.28. The molecule has 1 unspecified atom stereocenters. The van der Waals surface area contributed by atoms with Gasteiger partial charge in [0.25, 0.3) is 10.0 Å². The normalized spacial score (nSPS) is 21.8. The van der Waals surface area contributed by atoms with Gasteiger partial charge in [-0.05, 0) is 20.4 Å². The van der Waals surface area contributed by atoms with Crippen LogP contribution in [-0.4, -0.2) is 66.4 Å². The number of nitrogens with zero attached hydrogens (tertiary/aromatic N) is 4. The molecule has 7 nitrogen and oxygen atoms in total. The van der Waals surface area contributed by atoms with Crippen molar-refractivity contribution in [2.24, 2.45) is 5.73 Å². The van der Waals surface area contributed by atoms with E-state index in [0.717, 1.165) is 18.8 Å². The number of aromatic nitrogens is 2. The summed E-state index contributed by atoms with van der Waals surface area (Å²) in [5, 5.41) is 0.136. The first-order valence-electron chi connectivity index (χ1n) is 7.34. The van der Waals surface area contributed by atoms with Crippen LogP contribution in [-0.2, 0) is 16.6 Å². The Morgan fingerprint density at radius 2 is 2.14 bits per heavy atom. The zero-order valence-electron chi connectivity index (χ0n) is 13.0. The van der Waals surface area contributed by atoms with Crippen molar-refractivity contribution >= 4 is 10.0 Å². The van der Waals surface area contributed by atoms with E-state index in [1.165, 1.54) is 4.31 Å². The van der Waals surface area contributed by atoms with Gasteiger partial charge < -0.3 is 15.2 Å². The third-order valence-corrected chi connectivity index (χ3v) is 5.72. The van der Waals surface area contributed by atoms with Gasteiger partial charge in [0.2, 0.25) is 0 Å². The monoisotopic (exact) mass is 315 g/mol. The van der Waals surface area contributed by atoms with Gasteiger partial charge in [0.05, 0.1) is 6.04 Å². The second-order valence-corrected chi connectivity index (χ2v) is 7.42. The average molecular weight is 315 g/mol. The van der Waals surface area contributed by atoms with Crippen LogP contribution in [0, 0.1) is 6.92 Å². The van der Waals surface area contributed by atoms with Crippen molar-refractivity contribution in [1.29, 1.82) is 0 Å². The molecule has 21 heavy (non-hydrogen) atoms. The van der Waals surface area contributed by atoms with E-state index < -0.39 is 10.0 Å². The summed E-state index contributed by atoms with van der Waals surface area (Å²) in [4.78, 5) is 6.34. The van der Waals surface area contributed by atoms with Crippen molar-refractivity contribution in [3.63, 3.8) is 0 Å². The molecule has 0 saturated carbocycles. The molecule has 1 saturated heterocycles. The fraction of sp³-hybridized carbons (Fsp3) is 0.769. The lowest BCUT2D eigenvalue weighted by molar-refractivity contribution is 0.163. The zero-order chi connectivity index (χ0) is 15.6. The molecular formula is C13H25N5O2S. The Balaban J connectivity index is 2.30. The predicted octanol–water partition coefficient (Wildman–Crippen LogP) is -0.135. The molecule has 8 heteroatoms. The molecular weight excluding hydrogens is 290 g/mol. The first-order valence-corrected chi connectivity index (χ1v) is 8.78. The van der Waals surface area contributed by atoms with Crippen LogP contribution in [0.25, 0.3) is 0 Å². The maximum absolute atomic E-state index is 12.8. The molecule has 120 valence electrons. The van der Waals surface area contributed by atoms with Gasteiger partial charge in [-0.1, -0.05) is 6.92 Å². The average Bonchev–Trinajstić information content (AvgIpc) is 2.81. The van der Waals surface area contributed by atoms with E-state index in [9.17, 15) is 8.42 Å². The van der Waals surface area contributed by atoms with Gasteiger partial charge in [-0.25, -0.2) is 13.4 Å². The number of hydrogen-bond donors (Lipinski definition) is 1. The van der Waals surface area contributed by atoms with Crippen molar-refractivity contribution < 1.29 is 8.42 Å². The maximum Gasteiger partial charge on any atom is 0.262 e. The van der Waals surface area contributed by atoms with Gasteiger partial charge in [0.15, 0.2) is 5.03 Å². The number of likely N-dealkylation sites (N-methyl/N-ethyl adjacent to an activating group) is 1. The van der Waals surface area contributed by atoms with Crippen molar-refractivity contribution in [1.82, 2.24) is 18.8 Å². The maximum atomic E-state index is 12.8. The van der Waals surface area contributed by atoms with Crippen LogP contribution in [0.15, 0.2) is 11.2 Å². The van der Waals surface area contributed by atoms with E-state index in [4.69, 9.17) is 5.73 Å². The molecule has 1 aliphatic heterocycles. The highest BCUT2D eigenvalue weighted by Crippen LogP contribution is 2.20. The molecule has 1 atom stereocenters. The first kappa shape index (κ1) is 16.4. The molecule has 0 radical (unpaired) electrons. The summed E-state index contributed by atoms with van der Waals surface area (Å²) < 4.78 is 29.0. The van der Waals surface area contributed by atoms with Crippen LogP contribution >= 0.6 is 0 Å². The van der Waals surface area contributed by atoms with E-state index in [1.807, 2.05) is 18.5 Å². The van der Waals surface area contributed by atoms with E-state index in [0.29, 0.717) is 26.2 Å². The summed E-state index contributed by atoms with van der Waals surface area (Å²) in [5.41, 5.74) is 5.76. The van der Waals surface area contributed by atoms with Crippen molar-refractivity contribution in [3.8, 4) is 0 Å². The molecule has 2 rings (SSSR count). The fourth-order valence-electron chi connectivity index (χ4n) is 2.69. The second kappa shape index (κ2) is 6.43. The Hall–Kier alpha value is -0.960. The van der Waals surface area contributed by atoms with Gasteiger partial charge >= 0.3 is 0 Å². The number of imidazole rings is 1. The van der Waals surface area contributed by atoms with E-state index in [-0.39, 0.29) is 11.1 Å². The molecule has 0 aliphatic carbocycles. The first-order chi connectivity index (χ1) is 9.90. The Kier molecular flexibility index (Phi) is 5.03. The minimum Gasteiger partial charge on any atom is -0.334 e. The molecule has 2 heterocycles. The zero-order valence-corrected chi connectivity index (χ0v) is 13.8. The summed E-state index contributed by atoms with van der Waals surface area (Å²) in [6.45, 7) is 6.81. The van der Waals surface area contributed by atoms with Crippen LogP contribution in [0.3, 0.4) is 0 Å². The summed E-state index contributed by atoms with van der Waals surface area (Å²) in [5.74, 6) is 0.730. The predicted molar refractivity (Wildman–Crippen MR) is 81.5 cm³/mol. The lowest BCUT2D eigenvalue weighted by Gasteiger charge is -2.37. The number of aryl methyl sites for hydroxylation is 2. The van der Waals surface area contributed by atoms with Crippen LogP contribution in [0.2, 0.25) is 0 Å². The number of nitrogens with two attached hydrogens (primary N) is 1. The van der Waals surface area contributed by atoms with E-state index in [1.54, 1.807) is 6.20 Å². The summed E-state index contributed by atoms with van der Waals surface area (Å²) in [6, 6.07) is -0.189. The van der Waals surface area contributed by atoms with Gasteiger partial charge in [0, 0.05) is 38.9 Å². The largest absolute Gasteiger partial charge is 0.334 e. The van der Waals surface area contributed by atoms with Crippen molar-refractivity contribution in [2.45, 2.75) is 37.9 Å². The highest BCUT2D eigenvalue weighted by atomic mass is 32.2. The Morgan fingerprint density at radius 1 is 1.43 bits per heavy atom. The highest BCUT2D eigenvalue weighted by molar-refractivity contribution is 7.89. The van der Waals surface area contributed by atoms with Gasteiger partial charge in [-0.3, -0.25) is 0 Å². The van der Waals surface area contributed by atoms with Crippen LogP contribution in [0.1, 0.15) is 19.2 Å². The van der Waals surface area contributed by atoms with Crippen LogP contribution in [0.4, 0.5) is 0 Å². The molecule has 2 N–H and O–H groups in total.